The normalized spacial score (nSPS) is 19.6. The second-order valence-electron chi connectivity index (χ2n) is 14.0. The molecule has 0 aliphatic carbocycles. The van der Waals surface area contributed by atoms with Gasteiger partial charge in [-0.05, 0) is 90.8 Å². The molecule has 9 rings (SSSR count). The van der Waals surface area contributed by atoms with Crippen LogP contribution in [0.25, 0.3) is 11.1 Å². The highest BCUT2D eigenvalue weighted by molar-refractivity contribution is 9.10. The van der Waals surface area contributed by atoms with Crippen LogP contribution in [-0.4, -0.2) is 45.3 Å². The molecule has 4 aliphatic heterocycles. The quantitative estimate of drug-likeness (QED) is 0.160. The first-order valence-corrected chi connectivity index (χ1v) is 17.5. The van der Waals surface area contributed by atoms with Crippen molar-refractivity contribution >= 4 is 28.0 Å². The summed E-state index contributed by atoms with van der Waals surface area (Å²) < 4.78 is 23.8. The highest BCUT2D eigenvalue weighted by Crippen LogP contribution is 2.52. The predicted octanol–water partition coefficient (Wildman–Crippen LogP) is 6.35. The number of fused-ring (bicyclic) bond motifs is 8. The van der Waals surface area contributed by atoms with E-state index in [1.165, 1.54) is 6.20 Å². The highest BCUT2D eigenvalue weighted by atomic mass is 79.9. The summed E-state index contributed by atoms with van der Waals surface area (Å²) >= 11 is 3.40. The molecule has 4 aliphatic rings. The van der Waals surface area contributed by atoms with E-state index < -0.39 is 11.1 Å². The maximum atomic E-state index is 9.80. The molecule has 2 aromatic carbocycles. The van der Waals surface area contributed by atoms with Crippen LogP contribution in [0.3, 0.4) is 0 Å². The van der Waals surface area contributed by atoms with Gasteiger partial charge < -0.3 is 35.5 Å². The Labute approximate surface area is 318 Å². The Morgan fingerprint density at radius 1 is 0.741 bits per heavy atom. The van der Waals surface area contributed by atoms with Crippen LogP contribution in [-0.2, 0) is 20.6 Å². The van der Waals surface area contributed by atoms with Crippen LogP contribution in [0.15, 0.2) is 93.8 Å². The van der Waals surface area contributed by atoms with E-state index >= 15 is 0 Å². The summed E-state index contributed by atoms with van der Waals surface area (Å²) in [5.74, 6) is 8.68. The zero-order valence-corrected chi connectivity index (χ0v) is 30.8. The van der Waals surface area contributed by atoms with Gasteiger partial charge in [-0.2, -0.15) is 5.26 Å². The molecule has 0 radical (unpaired) electrons. The number of aromatic nitrogens is 3. The van der Waals surface area contributed by atoms with E-state index in [0.29, 0.717) is 34.4 Å². The maximum absolute atomic E-state index is 9.80. The summed E-state index contributed by atoms with van der Waals surface area (Å²) in [5.41, 5.74) is 15.8. The van der Waals surface area contributed by atoms with Crippen molar-refractivity contribution in [2.24, 2.45) is 26.9 Å². The lowest BCUT2D eigenvalue weighted by Gasteiger charge is -2.33. The average Bonchev–Trinajstić information content (AvgIpc) is 3.75. The molecule has 0 unspecified atom stereocenters. The van der Waals surface area contributed by atoms with Crippen LogP contribution in [0.5, 0.6) is 29.0 Å². The summed E-state index contributed by atoms with van der Waals surface area (Å²) in [7, 11) is 0. The molecule has 13 nitrogen and oxygen atoms in total. The number of nitrogens with zero attached hydrogens (tertiary/aromatic N) is 6. The summed E-state index contributed by atoms with van der Waals surface area (Å²) in [6.45, 7) is 6.63. The summed E-state index contributed by atoms with van der Waals surface area (Å²) in [5, 5.41) is 19.1. The highest BCUT2D eigenvalue weighted by Gasteiger charge is 2.49. The molecule has 5 N–H and O–H groups in total. The topological polar surface area (TPSA) is 196 Å². The zero-order valence-electron chi connectivity index (χ0n) is 29.2. The van der Waals surface area contributed by atoms with Gasteiger partial charge in [-0.1, -0.05) is 17.9 Å². The third-order valence-corrected chi connectivity index (χ3v) is 9.48. The Morgan fingerprint density at radius 2 is 1.37 bits per heavy atom. The molecule has 54 heavy (non-hydrogen) atoms. The Morgan fingerprint density at radius 3 is 2.00 bits per heavy atom. The lowest BCUT2D eigenvalue weighted by atomic mass is 9.81. The molecule has 2 atom stereocenters. The molecule has 5 aromatic rings. The minimum atomic E-state index is -0.907. The summed E-state index contributed by atoms with van der Waals surface area (Å²) in [6, 6.07) is 18.6. The zero-order chi connectivity index (χ0) is 37.8. The monoisotopic (exact) mass is 782 g/mol. The van der Waals surface area contributed by atoms with Crippen LogP contribution in [0.4, 0.5) is 0 Å². The first-order chi connectivity index (χ1) is 25.9. The molecule has 0 saturated carbocycles. The number of amidine groups is 2. The molecule has 268 valence electrons. The average molecular weight is 784 g/mol. The third-order valence-electron chi connectivity index (χ3n) is 9.05. The van der Waals surface area contributed by atoms with Gasteiger partial charge in [-0.3, -0.25) is 4.98 Å². The van der Waals surface area contributed by atoms with Gasteiger partial charge in [-0.15, -0.1) is 0 Å². The van der Waals surface area contributed by atoms with Crippen LogP contribution < -0.4 is 20.9 Å². The molecule has 0 bridgehead atoms. The van der Waals surface area contributed by atoms with E-state index in [9.17, 15) is 10.4 Å². The van der Waals surface area contributed by atoms with E-state index in [2.05, 4.69) is 74.6 Å². The Hall–Kier alpha value is -6.64. The molecule has 0 amide bonds. The second kappa shape index (κ2) is 12.8. The summed E-state index contributed by atoms with van der Waals surface area (Å²) in [4.78, 5) is 22.2. The number of aromatic hydroxyl groups is 1. The van der Waals surface area contributed by atoms with Crippen LogP contribution in [0.2, 0.25) is 0 Å². The Kier molecular flexibility index (Phi) is 8.16. The SMILES string of the molecule is CC(C)(C)C#Cc1cnc2c(c1)[C@]1(COC(N)=N1)c1cc(-c3cncc(C#N)c3)ccc1O2.NC1=N[C@@]2(CO1)c1cc(O)ccc1Oc1ncc(Br)cc12. The van der Waals surface area contributed by atoms with Crippen molar-refractivity contribution in [2.75, 3.05) is 13.2 Å². The van der Waals surface area contributed by atoms with Crippen molar-refractivity contribution in [1.82, 2.24) is 15.0 Å². The fourth-order valence-corrected chi connectivity index (χ4v) is 6.92. The van der Waals surface area contributed by atoms with E-state index in [1.54, 1.807) is 42.9 Å². The number of benzene rings is 2. The van der Waals surface area contributed by atoms with Crippen molar-refractivity contribution < 1.29 is 24.1 Å². The first-order valence-electron chi connectivity index (χ1n) is 16.7. The number of nitriles is 1. The van der Waals surface area contributed by atoms with Crippen LogP contribution in [0, 0.1) is 28.6 Å². The fourth-order valence-electron chi connectivity index (χ4n) is 6.59. The van der Waals surface area contributed by atoms with Gasteiger partial charge in [-0.25, -0.2) is 20.0 Å². The van der Waals surface area contributed by atoms with Crippen molar-refractivity contribution in [3.05, 3.63) is 117 Å². The smallest absolute Gasteiger partial charge is 0.283 e. The van der Waals surface area contributed by atoms with Gasteiger partial charge in [0.2, 0.25) is 11.8 Å². The molecule has 0 fully saturated rings. The fraction of sp³-hybridized carbons (Fsp3) is 0.200. The third kappa shape index (κ3) is 6.06. The largest absolute Gasteiger partial charge is 0.508 e. The molecule has 7 heterocycles. The van der Waals surface area contributed by atoms with Crippen molar-refractivity contribution in [2.45, 2.75) is 31.8 Å². The van der Waals surface area contributed by atoms with Crippen molar-refractivity contribution in [3.63, 3.8) is 0 Å². The van der Waals surface area contributed by atoms with E-state index in [4.69, 9.17) is 35.4 Å². The lowest BCUT2D eigenvalue weighted by Crippen LogP contribution is -2.31. The second-order valence-corrected chi connectivity index (χ2v) is 14.9. The number of nitrogens with two attached hydrogens (primary N) is 2. The molecule has 14 heteroatoms. The number of hydrogen-bond donors (Lipinski definition) is 3. The number of halogens is 1. The van der Waals surface area contributed by atoms with Gasteiger partial charge in [0.1, 0.15) is 36.5 Å². The van der Waals surface area contributed by atoms with Crippen molar-refractivity contribution in [3.8, 4) is 58.0 Å². The molecule has 0 saturated heterocycles. The standard InChI is InChI=1S/C26H21N5O2.C14H10BrN3O3/c1-25(2,3)7-6-16-9-21-23(30-13-16)33-22-5-4-18(19-8-17(11-27)12-29-14-19)10-20(22)26(21)15-32-24(28)31-26;15-7-3-10-12(17-5-7)21-11-2-1-8(19)4-9(11)14(10)6-20-13(16)18-14/h4-5,8-10,12-14H,15H2,1-3H3,(H2,28,31);1-5,19H,6H2,(H2,16,18)/t26-;14-/m00/s1. The lowest BCUT2D eigenvalue weighted by molar-refractivity contribution is 0.262. The van der Waals surface area contributed by atoms with Gasteiger partial charge >= 0.3 is 0 Å². The van der Waals surface area contributed by atoms with E-state index in [0.717, 1.165) is 37.9 Å². The van der Waals surface area contributed by atoms with Crippen molar-refractivity contribution in [1.29, 1.82) is 5.26 Å². The molecule has 3 aromatic heterocycles. The minimum Gasteiger partial charge on any atom is -0.508 e. The summed E-state index contributed by atoms with van der Waals surface area (Å²) in [6.07, 6.45) is 6.61. The Bertz CT molecular complexity index is 2500. The minimum absolute atomic E-state index is 0.108. The molecular weight excluding hydrogens is 752 g/mol. The van der Waals surface area contributed by atoms with Crippen LogP contribution in [0.1, 0.15) is 54.2 Å². The number of pyridine rings is 3. The number of ether oxygens (including phenoxy) is 4. The maximum Gasteiger partial charge on any atom is 0.283 e. The predicted molar refractivity (Wildman–Crippen MR) is 202 cm³/mol. The van der Waals surface area contributed by atoms with Crippen LogP contribution >= 0.6 is 15.9 Å². The molecule has 2 spiro atoms. The van der Waals surface area contributed by atoms with E-state index in [-0.39, 0.29) is 36.4 Å². The van der Waals surface area contributed by atoms with Gasteiger partial charge in [0, 0.05) is 56.9 Å². The Balaban J connectivity index is 0.000000169. The van der Waals surface area contributed by atoms with Gasteiger partial charge in [0.25, 0.3) is 12.0 Å². The number of rotatable bonds is 1. The number of phenolic OH excluding ortho intramolecular Hbond substituents is 1. The van der Waals surface area contributed by atoms with E-state index in [1.807, 2.05) is 30.3 Å². The number of phenols is 1. The first kappa shape index (κ1) is 34.4. The van der Waals surface area contributed by atoms with Gasteiger partial charge in [0.05, 0.1) is 16.7 Å². The van der Waals surface area contributed by atoms with Gasteiger partial charge in [0.15, 0.2) is 11.1 Å². The number of hydrogen-bond acceptors (Lipinski definition) is 13. The number of aliphatic imine (C=N–C) groups is 2. The molecular formula is C40H31BrN8O5.